The van der Waals surface area contributed by atoms with Gasteiger partial charge in [0.25, 0.3) is 0 Å². The molecule has 0 spiro atoms. The average molecular weight is 263 g/mol. The Kier molecular flexibility index (Phi) is 3.60. The van der Waals surface area contributed by atoms with Crippen LogP contribution in [0.1, 0.15) is 17.7 Å². The first-order valence-corrected chi connectivity index (χ1v) is 6.10. The van der Waals surface area contributed by atoms with E-state index in [0.717, 1.165) is 24.5 Å². The molecule has 0 bridgehead atoms. The number of nitrogens with one attached hydrogen (secondary N) is 1. The molecule has 1 aliphatic heterocycles. The first-order chi connectivity index (χ1) is 9.06. The topological polar surface area (TPSA) is 83.2 Å². The van der Waals surface area contributed by atoms with Crippen molar-refractivity contribution >= 4 is 11.9 Å². The Morgan fingerprint density at radius 1 is 1.63 bits per heavy atom. The molecule has 19 heavy (non-hydrogen) atoms. The van der Waals surface area contributed by atoms with Gasteiger partial charge >= 0.3 is 6.09 Å². The molecule has 1 aromatic rings. The first kappa shape index (κ1) is 13.2. The van der Waals surface area contributed by atoms with Gasteiger partial charge in [0.15, 0.2) is 0 Å². The molecular formula is C12H17N5O2. The van der Waals surface area contributed by atoms with E-state index >= 15 is 0 Å². The summed E-state index contributed by atoms with van der Waals surface area (Å²) in [5.74, 6) is 0.814. The number of hydrogen-bond acceptors (Lipinski definition) is 5. The molecule has 0 radical (unpaired) electrons. The van der Waals surface area contributed by atoms with Crippen molar-refractivity contribution in [1.29, 1.82) is 5.26 Å². The van der Waals surface area contributed by atoms with E-state index in [4.69, 9.17) is 0 Å². The van der Waals surface area contributed by atoms with E-state index in [1.54, 1.807) is 4.68 Å². The summed E-state index contributed by atoms with van der Waals surface area (Å²) in [4.78, 5) is 13.3. The minimum atomic E-state index is -0.423. The largest absolute Gasteiger partial charge is 0.453 e. The molecule has 1 saturated heterocycles. The highest BCUT2D eigenvalue weighted by Crippen LogP contribution is 2.25. The molecule has 1 atom stereocenters. The molecule has 1 aliphatic rings. The summed E-state index contributed by atoms with van der Waals surface area (Å²) in [6.45, 7) is 3.26. The zero-order valence-corrected chi connectivity index (χ0v) is 11.3. The number of carbonyl (C=O) groups is 1. The number of hydrogen-bond donors (Lipinski definition) is 1. The monoisotopic (exact) mass is 263 g/mol. The maximum absolute atomic E-state index is 11.2. The Hall–Kier alpha value is -2.23. The third kappa shape index (κ3) is 2.47. The van der Waals surface area contributed by atoms with E-state index in [0.29, 0.717) is 12.1 Å². The summed E-state index contributed by atoms with van der Waals surface area (Å²) in [5.41, 5.74) is 1.32. The number of nitriles is 1. The molecule has 102 valence electrons. The van der Waals surface area contributed by atoms with Crippen LogP contribution in [0.3, 0.4) is 0 Å². The molecule has 0 aromatic carbocycles. The van der Waals surface area contributed by atoms with Gasteiger partial charge in [0.05, 0.1) is 18.8 Å². The van der Waals surface area contributed by atoms with Gasteiger partial charge < -0.3 is 15.0 Å². The number of rotatable bonds is 2. The molecule has 2 rings (SSSR count). The van der Waals surface area contributed by atoms with Crippen molar-refractivity contribution < 1.29 is 9.53 Å². The summed E-state index contributed by atoms with van der Waals surface area (Å²) < 4.78 is 6.30. The van der Waals surface area contributed by atoms with Crippen LogP contribution in [0.5, 0.6) is 0 Å². The number of methoxy groups -OCH3 is 1. The highest BCUT2D eigenvalue weighted by atomic mass is 16.5. The number of nitrogens with zero attached hydrogens (tertiary/aromatic N) is 4. The highest BCUT2D eigenvalue weighted by molar-refractivity contribution is 5.67. The minimum Gasteiger partial charge on any atom is -0.453 e. The quantitative estimate of drug-likeness (QED) is 0.841. The Balaban J connectivity index is 2.13. The smallest absolute Gasteiger partial charge is 0.407 e. The fourth-order valence-electron chi connectivity index (χ4n) is 2.44. The fraction of sp³-hybridized carbons (Fsp3) is 0.583. The van der Waals surface area contributed by atoms with Gasteiger partial charge in [0, 0.05) is 20.1 Å². The van der Waals surface area contributed by atoms with E-state index < -0.39 is 6.09 Å². The minimum absolute atomic E-state index is 0.0363. The number of anilines is 1. The van der Waals surface area contributed by atoms with E-state index in [-0.39, 0.29) is 6.04 Å². The summed E-state index contributed by atoms with van der Waals surface area (Å²) in [6.07, 6.45) is 0.401. The second kappa shape index (κ2) is 5.18. The summed E-state index contributed by atoms with van der Waals surface area (Å²) in [7, 11) is 3.17. The second-order valence-corrected chi connectivity index (χ2v) is 4.59. The molecule has 7 heteroatoms. The van der Waals surface area contributed by atoms with Crippen LogP contribution in [0.25, 0.3) is 0 Å². The van der Waals surface area contributed by atoms with E-state index in [2.05, 4.69) is 26.1 Å². The molecule has 1 amide bonds. The Morgan fingerprint density at radius 2 is 2.37 bits per heavy atom. The number of ether oxygens (including phenoxy) is 1. The molecule has 1 aromatic heterocycles. The van der Waals surface area contributed by atoms with Crippen molar-refractivity contribution in [2.45, 2.75) is 19.4 Å². The number of aromatic nitrogens is 2. The van der Waals surface area contributed by atoms with Crippen LogP contribution in [-0.4, -0.2) is 42.1 Å². The van der Waals surface area contributed by atoms with Crippen LogP contribution in [0, 0.1) is 18.3 Å². The van der Waals surface area contributed by atoms with Crippen molar-refractivity contribution in [3.63, 3.8) is 0 Å². The lowest BCUT2D eigenvalue weighted by atomic mass is 10.2. The summed E-state index contributed by atoms with van der Waals surface area (Å²) >= 11 is 0. The number of aryl methyl sites for hydroxylation is 2. The molecular weight excluding hydrogens is 246 g/mol. The number of alkyl carbamates (subject to hydrolysis) is 1. The van der Waals surface area contributed by atoms with Gasteiger partial charge in [-0.15, -0.1) is 0 Å². The standard InChI is InChI=1S/C12H17N5O2/c1-8-10(6-13)11(16(2)15-8)17-5-4-9(7-17)14-12(18)19-3/h9H,4-5,7H2,1-3H3,(H,14,18). The predicted octanol–water partition coefficient (Wildman–Crippen LogP) is 0.535. The summed E-state index contributed by atoms with van der Waals surface area (Å²) in [5, 5.41) is 16.2. The number of amides is 1. The Labute approximate surface area is 111 Å². The molecule has 0 aliphatic carbocycles. The van der Waals surface area contributed by atoms with Gasteiger partial charge in [0.1, 0.15) is 17.5 Å². The van der Waals surface area contributed by atoms with Gasteiger partial charge in [-0.25, -0.2) is 4.79 Å². The summed E-state index contributed by atoms with van der Waals surface area (Å²) in [6, 6.07) is 2.23. The van der Waals surface area contributed by atoms with Crippen molar-refractivity contribution in [3.8, 4) is 6.07 Å². The second-order valence-electron chi connectivity index (χ2n) is 4.59. The van der Waals surface area contributed by atoms with Crippen molar-refractivity contribution in [1.82, 2.24) is 15.1 Å². The average Bonchev–Trinajstić information content (AvgIpc) is 2.93. The van der Waals surface area contributed by atoms with Crippen LogP contribution < -0.4 is 10.2 Å². The lowest BCUT2D eigenvalue weighted by molar-refractivity contribution is 0.167. The molecule has 7 nitrogen and oxygen atoms in total. The maximum Gasteiger partial charge on any atom is 0.407 e. The van der Waals surface area contributed by atoms with E-state index in [9.17, 15) is 10.1 Å². The molecule has 0 saturated carbocycles. The third-order valence-corrected chi connectivity index (χ3v) is 3.30. The van der Waals surface area contributed by atoms with Crippen LogP contribution in [0.15, 0.2) is 0 Å². The SMILES string of the molecule is COC(=O)NC1CCN(c2c(C#N)c(C)nn2C)C1. The lowest BCUT2D eigenvalue weighted by Crippen LogP contribution is -2.37. The zero-order valence-electron chi connectivity index (χ0n) is 11.3. The predicted molar refractivity (Wildman–Crippen MR) is 68.8 cm³/mol. The van der Waals surface area contributed by atoms with E-state index in [1.165, 1.54) is 7.11 Å². The van der Waals surface area contributed by atoms with Gasteiger partial charge in [-0.2, -0.15) is 10.4 Å². The highest BCUT2D eigenvalue weighted by Gasteiger charge is 2.28. The fourth-order valence-corrected chi connectivity index (χ4v) is 2.44. The van der Waals surface area contributed by atoms with Crippen molar-refractivity contribution in [2.24, 2.45) is 7.05 Å². The third-order valence-electron chi connectivity index (χ3n) is 3.30. The van der Waals surface area contributed by atoms with Crippen LogP contribution in [-0.2, 0) is 11.8 Å². The molecule has 1 N–H and O–H groups in total. The molecule has 2 heterocycles. The van der Waals surface area contributed by atoms with Gasteiger partial charge in [0.2, 0.25) is 0 Å². The zero-order chi connectivity index (χ0) is 14.0. The lowest BCUT2D eigenvalue weighted by Gasteiger charge is -2.19. The van der Waals surface area contributed by atoms with Crippen LogP contribution in [0.4, 0.5) is 10.6 Å². The van der Waals surface area contributed by atoms with Gasteiger partial charge in [-0.3, -0.25) is 4.68 Å². The van der Waals surface area contributed by atoms with Crippen molar-refractivity contribution in [2.75, 3.05) is 25.1 Å². The Bertz CT molecular complexity index is 531. The first-order valence-electron chi connectivity index (χ1n) is 6.10. The van der Waals surface area contributed by atoms with Crippen LogP contribution >= 0.6 is 0 Å². The molecule has 1 unspecified atom stereocenters. The van der Waals surface area contributed by atoms with Crippen molar-refractivity contribution in [3.05, 3.63) is 11.3 Å². The van der Waals surface area contributed by atoms with E-state index in [1.807, 2.05) is 14.0 Å². The normalized spacial score (nSPS) is 18.2. The van der Waals surface area contributed by atoms with Crippen LogP contribution in [0.2, 0.25) is 0 Å². The van der Waals surface area contributed by atoms with Gasteiger partial charge in [-0.05, 0) is 13.3 Å². The number of carbonyl (C=O) groups excluding carboxylic acids is 1. The van der Waals surface area contributed by atoms with Gasteiger partial charge in [-0.1, -0.05) is 0 Å². The Morgan fingerprint density at radius 3 is 3.00 bits per heavy atom. The molecule has 1 fully saturated rings. The maximum atomic E-state index is 11.2.